The van der Waals surface area contributed by atoms with Gasteiger partial charge in [-0.25, -0.2) is 9.59 Å². The van der Waals surface area contributed by atoms with Gasteiger partial charge in [0.25, 0.3) is 0 Å². The van der Waals surface area contributed by atoms with Crippen molar-refractivity contribution in [1.29, 1.82) is 0 Å². The summed E-state index contributed by atoms with van der Waals surface area (Å²) in [4.78, 5) is 36.2. The molecule has 0 saturated heterocycles. The number of esters is 1. The number of hydrogen-bond acceptors (Lipinski definition) is 6. The molecule has 0 aliphatic carbocycles. The molecule has 1 amide bonds. The van der Waals surface area contributed by atoms with Gasteiger partial charge in [0.05, 0.1) is 18.3 Å². The summed E-state index contributed by atoms with van der Waals surface area (Å²) in [6.07, 6.45) is -1.24. The Morgan fingerprint density at radius 1 is 1.43 bits per heavy atom. The summed E-state index contributed by atoms with van der Waals surface area (Å²) < 4.78 is 5.11. The van der Waals surface area contributed by atoms with Crippen LogP contribution in [0.2, 0.25) is 0 Å². The number of aliphatic hydroxyl groups excluding tert-OH is 1. The molecule has 0 aromatic heterocycles. The van der Waals surface area contributed by atoms with E-state index in [0.29, 0.717) is 11.4 Å². The second-order valence-electron chi connectivity index (χ2n) is 5.43. The number of nitrogens with one attached hydrogen (secondary N) is 1. The fourth-order valence-corrected chi connectivity index (χ4v) is 2.28. The number of carbonyl (C=O) groups is 3. The van der Waals surface area contributed by atoms with E-state index < -0.39 is 30.0 Å². The molecule has 8 nitrogen and oxygen atoms in total. The minimum Gasteiger partial charge on any atom is -0.480 e. The summed E-state index contributed by atoms with van der Waals surface area (Å²) in [6, 6.07) is 3.79. The summed E-state index contributed by atoms with van der Waals surface area (Å²) in [5.74, 6) is -2.09. The molecule has 124 valence electrons. The largest absolute Gasteiger partial charge is 0.480 e. The van der Waals surface area contributed by atoms with Gasteiger partial charge in [-0.05, 0) is 31.5 Å². The molecular formula is C15H18N2O6. The zero-order chi connectivity index (χ0) is 17.1. The number of carboxylic acid groups (broad SMARTS) is 1. The number of aryl methyl sites for hydroxylation is 1. The summed E-state index contributed by atoms with van der Waals surface area (Å²) in [5.41, 5.74) is 1.52. The molecule has 0 spiro atoms. The molecule has 1 aromatic carbocycles. The van der Waals surface area contributed by atoms with Crippen molar-refractivity contribution >= 4 is 23.5 Å². The van der Waals surface area contributed by atoms with Crippen LogP contribution >= 0.6 is 0 Å². The third-order valence-electron chi connectivity index (χ3n) is 3.40. The highest BCUT2D eigenvalue weighted by atomic mass is 16.5. The van der Waals surface area contributed by atoms with E-state index >= 15 is 0 Å². The second-order valence-corrected chi connectivity index (χ2v) is 5.43. The van der Waals surface area contributed by atoms with Crippen LogP contribution in [0.5, 0.6) is 5.75 Å². The first kappa shape index (κ1) is 16.8. The highest BCUT2D eigenvalue weighted by Crippen LogP contribution is 2.32. The SMILES string of the molecule is Cc1ccc2c(c1)N(CC(=O)NC(C(=O)O)C(C)O)CC(=O)O2. The number of aliphatic hydroxyl groups is 1. The van der Waals surface area contributed by atoms with Crippen molar-refractivity contribution < 1.29 is 29.3 Å². The Labute approximate surface area is 132 Å². The van der Waals surface area contributed by atoms with E-state index in [1.807, 2.05) is 6.92 Å². The number of benzene rings is 1. The van der Waals surface area contributed by atoms with Crippen LogP contribution in [0.4, 0.5) is 5.69 Å². The van der Waals surface area contributed by atoms with Crippen molar-refractivity contribution in [2.45, 2.75) is 26.0 Å². The Morgan fingerprint density at radius 3 is 2.74 bits per heavy atom. The average Bonchev–Trinajstić information content (AvgIpc) is 2.44. The van der Waals surface area contributed by atoms with E-state index in [-0.39, 0.29) is 13.1 Å². The summed E-state index contributed by atoms with van der Waals surface area (Å²) in [7, 11) is 0. The molecule has 2 unspecified atom stereocenters. The lowest BCUT2D eigenvalue weighted by molar-refractivity contribution is -0.144. The van der Waals surface area contributed by atoms with E-state index in [9.17, 15) is 19.5 Å². The lowest BCUT2D eigenvalue weighted by Crippen LogP contribution is -2.51. The Kier molecular flexibility index (Phi) is 4.85. The van der Waals surface area contributed by atoms with Gasteiger partial charge in [-0.15, -0.1) is 0 Å². The van der Waals surface area contributed by atoms with Crippen molar-refractivity contribution in [1.82, 2.24) is 5.32 Å². The smallest absolute Gasteiger partial charge is 0.331 e. The van der Waals surface area contributed by atoms with Crippen LogP contribution in [0.1, 0.15) is 12.5 Å². The Hall–Kier alpha value is -2.61. The Balaban J connectivity index is 2.14. The monoisotopic (exact) mass is 322 g/mol. The molecule has 8 heteroatoms. The number of aliphatic carboxylic acids is 1. The number of nitrogens with zero attached hydrogens (tertiary/aromatic N) is 1. The highest BCUT2D eigenvalue weighted by molar-refractivity contribution is 5.91. The lowest BCUT2D eigenvalue weighted by atomic mass is 10.1. The standard InChI is InChI=1S/C15H18N2O6/c1-8-3-4-11-10(5-8)17(7-13(20)23-11)6-12(19)16-14(9(2)18)15(21)22/h3-5,9,14,18H,6-7H2,1-2H3,(H,16,19)(H,21,22). The number of hydrogen-bond donors (Lipinski definition) is 3. The maximum absolute atomic E-state index is 12.1. The summed E-state index contributed by atoms with van der Waals surface area (Å²) in [6.45, 7) is 2.80. The first-order valence-electron chi connectivity index (χ1n) is 7.04. The topological polar surface area (TPSA) is 116 Å². The van der Waals surface area contributed by atoms with Gasteiger partial charge >= 0.3 is 11.9 Å². The molecule has 0 saturated carbocycles. The molecule has 2 atom stereocenters. The van der Waals surface area contributed by atoms with E-state index in [2.05, 4.69) is 5.32 Å². The van der Waals surface area contributed by atoms with Gasteiger partial charge in [0.2, 0.25) is 5.91 Å². The van der Waals surface area contributed by atoms with Crippen molar-refractivity contribution in [3.8, 4) is 5.75 Å². The van der Waals surface area contributed by atoms with Crippen LogP contribution in [0.25, 0.3) is 0 Å². The van der Waals surface area contributed by atoms with Crippen LogP contribution < -0.4 is 15.0 Å². The quantitative estimate of drug-likeness (QED) is 0.502. The maximum atomic E-state index is 12.1. The number of rotatable bonds is 5. The summed E-state index contributed by atoms with van der Waals surface area (Å²) in [5, 5.41) is 20.6. The molecule has 23 heavy (non-hydrogen) atoms. The number of carbonyl (C=O) groups excluding carboxylic acids is 2. The van der Waals surface area contributed by atoms with Crippen LogP contribution in [0.15, 0.2) is 18.2 Å². The predicted molar refractivity (Wildman–Crippen MR) is 80.3 cm³/mol. The first-order valence-corrected chi connectivity index (χ1v) is 7.04. The van der Waals surface area contributed by atoms with Gasteiger partial charge in [-0.2, -0.15) is 0 Å². The van der Waals surface area contributed by atoms with Gasteiger partial charge < -0.3 is 25.2 Å². The number of anilines is 1. The minimum absolute atomic E-state index is 0.115. The third kappa shape index (κ3) is 3.98. The molecule has 3 N–H and O–H groups in total. The molecule has 2 rings (SSSR count). The van der Waals surface area contributed by atoms with Gasteiger partial charge in [-0.3, -0.25) is 4.79 Å². The molecule has 0 radical (unpaired) electrons. The molecule has 1 aliphatic rings. The number of fused-ring (bicyclic) bond motifs is 1. The average molecular weight is 322 g/mol. The normalized spacial score (nSPS) is 16.1. The lowest BCUT2D eigenvalue weighted by Gasteiger charge is -2.30. The molecule has 1 aromatic rings. The Morgan fingerprint density at radius 2 is 2.13 bits per heavy atom. The van der Waals surface area contributed by atoms with Crippen molar-refractivity contribution in [3.63, 3.8) is 0 Å². The number of ether oxygens (including phenoxy) is 1. The first-order chi connectivity index (χ1) is 10.8. The minimum atomic E-state index is -1.41. The maximum Gasteiger partial charge on any atom is 0.331 e. The predicted octanol–water partition coefficient (Wildman–Crippen LogP) is -0.329. The van der Waals surface area contributed by atoms with Crippen molar-refractivity contribution in [2.75, 3.05) is 18.0 Å². The van der Waals surface area contributed by atoms with Crippen LogP contribution in [0.3, 0.4) is 0 Å². The fourth-order valence-electron chi connectivity index (χ4n) is 2.28. The number of carboxylic acids is 1. The van der Waals surface area contributed by atoms with Crippen molar-refractivity contribution in [3.05, 3.63) is 23.8 Å². The third-order valence-corrected chi connectivity index (χ3v) is 3.40. The fraction of sp³-hybridized carbons (Fsp3) is 0.400. The molecule has 0 bridgehead atoms. The van der Waals surface area contributed by atoms with Gasteiger partial charge in [0.1, 0.15) is 6.54 Å². The second kappa shape index (κ2) is 6.66. The Bertz CT molecular complexity index is 643. The summed E-state index contributed by atoms with van der Waals surface area (Å²) >= 11 is 0. The zero-order valence-corrected chi connectivity index (χ0v) is 12.8. The number of amides is 1. The van der Waals surface area contributed by atoms with E-state index in [0.717, 1.165) is 5.56 Å². The van der Waals surface area contributed by atoms with Gasteiger partial charge in [0.15, 0.2) is 11.8 Å². The van der Waals surface area contributed by atoms with Gasteiger partial charge in [0, 0.05) is 0 Å². The van der Waals surface area contributed by atoms with Crippen molar-refractivity contribution in [2.24, 2.45) is 0 Å². The molecule has 1 heterocycles. The van der Waals surface area contributed by atoms with E-state index in [4.69, 9.17) is 9.84 Å². The zero-order valence-electron chi connectivity index (χ0n) is 12.8. The highest BCUT2D eigenvalue weighted by Gasteiger charge is 2.29. The molecule has 1 aliphatic heterocycles. The van der Waals surface area contributed by atoms with Crippen LogP contribution in [0, 0.1) is 6.92 Å². The molecular weight excluding hydrogens is 304 g/mol. The van der Waals surface area contributed by atoms with Crippen LogP contribution in [-0.4, -0.2) is 53.3 Å². The van der Waals surface area contributed by atoms with E-state index in [1.165, 1.54) is 11.8 Å². The van der Waals surface area contributed by atoms with Crippen LogP contribution in [-0.2, 0) is 14.4 Å². The van der Waals surface area contributed by atoms with Gasteiger partial charge in [-0.1, -0.05) is 6.07 Å². The van der Waals surface area contributed by atoms with E-state index in [1.54, 1.807) is 18.2 Å². The molecule has 0 fully saturated rings.